The number of nitrogens with one attached hydrogen (secondary N) is 1. The van der Waals surface area contributed by atoms with Crippen LogP contribution in [0.5, 0.6) is 0 Å². The van der Waals surface area contributed by atoms with Gasteiger partial charge in [0.1, 0.15) is 5.75 Å². The number of carbonyl (C=O) groups is 1. The lowest BCUT2D eigenvalue weighted by Crippen LogP contribution is -2.23. The first kappa shape index (κ1) is 7.58. The van der Waals surface area contributed by atoms with Crippen LogP contribution in [0.25, 0.3) is 0 Å². The van der Waals surface area contributed by atoms with Crippen LogP contribution in [0, 0.1) is 0 Å². The summed E-state index contributed by atoms with van der Waals surface area (Å²) in [6.07, 6.45) is 0. The Hall–Kier alpha value is -0.420. The van der Waals surface area contributed by atoms with Gasteiger partial charge in [0.15, 0.2) is 11.1 Å². The van der Waals surface area contributed by atoms with Gasteiger partial charge in [-0.3, -0.25) is 4.79 Å². The van der Waals surface area contributed by atoms with Gasteiger partial charge < -0.3 is 9.87 Å². The first-order valence-electron chi connectivity index (χ1n) is 1.95. The lowest BCUT2D eigenvalue weighted by atomic mass is 10.7. The largest absolute Gasteiger partial charge is 0.358 e. The molecule has 0 aromatic carbocycles. The maximum absolute atomic E-state index is 10.2. The van der Waals surface area contributed by atoms with Gasteiger partial charge in [0.25, 0.3) is 0 Å². The van der Waals surface area contributed by atoms with Gasteiger partial charge in [-0.1, -0.05) is 0 Å². The Morgan fingerprint density at radius 1 is 1.88 bits per heavy atom. The van der Waals surface area contributed by atoms with Crippen molar-refractivity contribution in [2.75, 3.05) is 12.8 Å². The molecule has 0 saturated carbocycles. The van der Waals surface area contributed by atoms with Crippen LogP contribution in [0.4, 0.5) is 0 Å². The van der Waals surface area contributed by atoms with Crippen LogP contribution >= 0.6 is 0 Å². The molecule has 0 heterocycles. The van der Waals surface area contributed by atoms with Crippen LogP contribution in [0.3, 0.4) is 0 Å². The Balaban J connectivity index is 3.40. The van der Waals surface area contributed by atoms with E-state index >= 15 is 0 Å². The van der Waals surface area contributed by atoms with Gasteiger partial charge in [0, 0.05) is 7.05 Å². The summed E-state index contributed by atoms with van der Waals surface area (Å²) in [5, 5.41) is 2.20. The van der Waals surface area contributed by atoms with Crippen LogP contribution < -0.4 is 5.32 Å². The third-order valence-corrected chi connectivity index (χ3v) is 1.04. The Bertz CT molecular complexity index is 113. The minimum Gasteiger partial charge on any atom is -0.358 e. The molecule has 2 N–H and O–H groups in total. The van der Waals surface area contributed by atoms with E-state index in [-0.39, 0.29) is 5.75 Å². The molecule has 0 aliphatic heterocycles. The summed E-state index contributed by atoms with van der Waals surface area (Å²) in [6, 6.07) is 0. The Morgan fingerprint density at radius 2 is 2.38 bits per heavy atom. The fourth-order valence-corrected chi connectivity index (χ4v) is 0.553. The van der Waals surface area contributed by atoms with Gasteiger partial charge in [0.05, 0.1) is 0 Å². The average Bonchev–Trinajstić information content (AvgIpc) is 1.65. The van der Waals surface area contributed by atoms with E-state index in [1.54, 1.807) is 0 Å². The topological polar surface area (TPSA) is 66.4 Å². The van der Waals surface area contributed by atoms with Crippen LogP contribution in [-0.4, -0.2) is 27.5 Å². The second kappa shape index (κ2) is 3.57. The standard InChI is InChI=1S/C3H7NO3S/c1-4-3(5)2-8(6)7/h2H2,1H3,(H,4,5)(H,6,7). The van der Waals surface area contributed by atoms with Gasteiger partial charge in [-0.2, -0.15) is 0 Å². The molecule has 1 unspecified atom stereocenters. The highest BCUT2D eigenvalue weighted by Gasteiger charge is 1.99. The average molecular weight is 137 g/mol. The minimum absolute atomic E-state index is 0.337. The van der Waals surface area contributed by atoms with E-state index in [2.05, 4.69) is 5.32 Å². The molecule has 48 valence electrons. The number of amides is 1. The predicted molar refractivity (Wildman–Crippen MR) is 29.7 cm³/mol. The molecule has 1 amide bonds. The van der Waals surface area contributed by atoms with Crippen molar-refractivity contribution < 1.29 is 13.6 Å². The zero-order valence-electron chi connectivity index (χ0n) is 4.38. The summed E-state index contributed by atoms with van der Waals surface area (Å²) in [5.41, 5.74) is 0. The zero-order chi connectivity index (χ0) is 6.57. The van der Waals surface area contributed by atoms with E-state index in [9.17, 15) is 9.00 Å². The van der Waals surface area contributed by atoms with Gasteiger partial charge in [-0.25, -0.2) is 4.21 Å². The third kappa shape index (κ3) is 3.76. The van der Waals surface area contributed by atoms with Crippen molar-refractivity contribution in [1.29, 1.82) is 0 Å². The summed E-state index contributed by atoms with van der Waals surface area (Å²) in [6.45, 7) is 0. The van der Waals surface area contributed by atoms with E-state index in [0.29, 0.717) is 0 Å². The SMILES string of the molecule is CNC(=O)CS(=O)O. The molecule has 8 heavy (non-hydrogen) atoms. The van der Waals surface area contributed by atoms with Crippen LogP contribution in [0.2, 0.25) is 0 Å². The smallest absolute Gasteiger partial charge is 0.234 e. The summed E-state index contributed by atoms with van der Waals surface area (Å²) >= 11 is -2.01. The lowest BCUT2D eigenvalue weighted by Gasteiger charge is -1.91. The number of hydrogen-bond donors (Lipinski definition) is 2. The molecular weight excluding hydrogens is 130 g/mol. The summed E-state index contributed by atoms with van der Waals surface area (Å²) < 4.78 is 17.9. The van der Waals surface area contributed by atoms with E-state index in [4.69, 9.17) is 4.55 Å². The third-order valence-electron chi connectivity index (χ3n) is 0.533. The Morgan fingerprint density at radius 3 is 2.50 bits per heavy atom. The van der Waals surface area contributed by atoms with Crippen molar-refractivity contribution in [3.8, 4) is 0 Å². The molecule has 0 saturated heterocycles. The molecule has 5 heteroatoms. The first-order chi connectivity index (χ1) is 3.66. The maximum Gasteiger partial charge on any atom is 0.234 e. The molecule has 0 aliphatic carbocycles. The zero-order valence-corrected chi connectivity index (χ0v) is 5.20. The van der Waals surface area contributed by atoms with E-state index in [1.807, 2.05) is 0 Å². The number of hydrogen-bond acceptors (Lipinski definition) is 2. The molecule has 0 aromatic heterocycles. The molecule has 0 rings (SSSR count). The van der Waals surface area contributed by atoms with Gasteiger partial charge >= 0.3 is 0 Å². The number of carbonyl (C=O) groups excluding carboxylic acids is 1. The van der Waals surface area contributed by atoms with Crippen molar-refractivity contribution in [1.82, 2.24) is 5.32 Å². The molecule has 0 aliphatic rings. The van der Waals surface area contributed by atoms with Crippen molar-refractivity contribution in [3.63, 3.8) is 0 Å². The van der Waals surface area contributed by atoms with Crippen molar-refractivity contribution in [2.24, 2.45) is 0 Å². The highest BCUT2D eigenvalue weighted by Crippen LogP contribution is 1.70. The molecule has 0 radical (unpaired) electrons. The Kier molecular flexibility index (Phi) is 3.38. The summed E-state index contributed by atoms with van der Waals surface area (Å²) in [7, 11) is 1.41. The molecule has 0 bridgehead atoms. The molecule has 4 nitrogen and oxygen atoms in total. The maximum atomic E-state index is 10.2. The fourth-order valence-electron chi connectivity index (χ4n) is 0.184. The molecule has 1 atom stereocenters. The van der Waals surface area contributed by atoms with Crippen LogP contribution in [0.15, 0.2) is 0 Å². The van der Waals surface area contributed by atoms with Crippen molar-refractivity contribution >= 4 is 17.0 Å². The van der Waals surface area contributed by atoms with Gasteiger partial charge in [-0.15, -0.1) is 0 Å². The molecule has 0 fully saturated rings. The van der Waals surface area contributed by atoms with Crippen LogP contribution in [0.1, 0.15) is 0 Å². The normalized spacial score (nSPS) is 12.8. The first-order valence-corrected chi connectivity index (χ1v) is 3.22. The van der Waals surface area contributed by atoms with Crippen molar-refractivity contribution in [3.05, 3.63) is 0 Å². The highest BCUT2D eigenvalue weighted by molar-refractivity contribution is 7.80. The minimum atomic E-state index is -2.01. The van der Waals surface area contributed by atoms with E-state index in [1.165, 1.54) is 7.05 Å². The molecule has 0 aromatic rings. The second-order valence-corrected chi connectivity index (χ2v) is 2.07. The van der Waals surface area contributed by atoms with E-state index in [0.717, 1.165) is 0 Å². The molecule has 0 spiro atoms. The lowest BCUT2D eigenvalue weighted by molar-refractivity contribution is -0.118. The summed E-state index contributed by atoms with van der Waals surface area (Å²) in [5.74, 6) is -0.762. The fraction of sp³-hybridized carbons (Fsp3) is 0.667. The second-order valence-electron chi connectivity index (χ2n) is 1.14. The van der Waals surface area contributed by atoms with Gasteiger partial charge in [-0.05, 0) is 0 Å². The quantitative estimate of drug-likeness (QED) is 0.477. The summed E-state index contributed by atoms with van der Waals surface area (Å²) in [4.78, 5) is 10.2. The highest BCUT2D eigenvalue weighted by atomic mass is 32.2. The van der Waals surface area contributed by atoms with Crippen molar-refractivity contribution in [2.45, 2.75) is 0 Å². The predicted octanol–water partition coefficient (Wildman–Crippen LogP) is -1.05. The number of rotatable bonds is 2. The van der Waals surface area contributed by atoms with Crippen LogP contribution in [-0.2, 0) is 15.9 Å². The molecular formula is C3H7NO3S. The Labute approximate surface area is 49.6 Å². The van der Waals surface area contributed by atoms with Gasteiger partial charge in [0.2, 0.25) is 5.91 Å². The monoisotopic (exact) mass is 137 g/mol. The van der Waals surface area contributed by atoms with E-state index < -0.39 is 17.0 Å².